The quantitative estimate of drug-likeness (QED) is 0.680. The van der Waals surface area contributed by atoms with Gasteiger partial charge in [-0.1, -0.05) is 25.1 Å². The number of tetrazole rings is 1. The maximum Gasteiger partial charge on any atom is 0.239 e. The van der Waals surface area contributed by atoms with E-state index in [1.54, 1.807) is 9.58 Å². The molecule has 1 amide bonds. The number of fused-ring (bicyclic) bond motifs is 1. The number of hydrogen-bond donors (Lipinski definition) is 0. The second-order valence-electron chi connectivity index (χ2n) is 6.13. The first-order chi connectivity index (χ1) is 12.7. The van der Waals surface area contributed by atoms with Gasteiger partial charge in [0.15, 0.2) is 5.82 Å². The van der Waals surface area contributed by atoms with Crippen LogP contribution in [0.4, 0.5) is 11.4 Å². The number of aromatic nitrogens is 4. The summed E-state index contributed by atoms with van der Waals surface area (Å²) in [7, 11) is 0. The minimum atomic E-state index is -0.218. The molecule has 1 aliphatic rings. The molecule has 0 saturated carbocycles. The number of amides is 1. The maximum absolute atomic E-state index is 12.7. The van der Waals surface area contributed by atoms with E-state index < -0.39 is 0 Å². The fourth-order valence-corrected chi connectivity index (χ4v) is 3.19. The van der Waals surface area contributed by atoms with Gasteiger partial charge >= 0.3 is 0 Å². The Morgan fingerprint density at radius 2 is 1.69 bits per heavy atom. The number of para-hydroxylation sites is 1. The van der Waals surface area contributed by atoms with E-state index in [0.717, 1.165) is 29.2 Å². The number of rotatable bonds is 3. The van der Waals surface area contributed by atoms with E-state index in [2.05, 4.69) is 15.5 Å². The summed E-state index contributed by atoms with van der Waals surface area (Å²) in [5.41, 5.74) is 3.16. The minimum Gasteiger partial charge on any atom is -0.299 e. The molecule has 0 radical (unpaired) electrons. The fourth-order valence-electron chi connectivity index (χ4n) is 3.19. The number of anilines is 2. The number of aryl methyl sites for hydroxylation is 1. The van der Waals surface area contributed by atoms with Gasteiger partial charge in [0.2, 0.25) is 5.91 Å². The molecular weight excluding hydrogens is 330 g/mol. The summed E-state index contributed by atoms with van der Waals surface area (Å²) in [5, 5.41) is 11.7. The molecule has 0 spiro atoms. The summed E-state index contributed by atoms with van der Waals surface area (Å²) in [6.45, 7) is 1.99. The summed E-state index contributed by atoms with van der Waals surface area (Å²) >= 11 is 0. The predicted molar refractivity (Wildman–Crippen MR) is 95.4 cm³/mol. The SMILES string of the molecule is CCc1nnnn1-c1ccc(N2C(=O)CC(=O)Cc3ccccc32)cc1. The summed E-state index contributed by atoms with van der Waals surface area (Å²) in [6, 6.07) is 15.0. The smallest absolute Gasteiger partial charge is 0.239 e. The normalized spacial score (nSPS) is 14.3. The van der Waals surface area contributed by atoms with Gasteiger partial charge in [0, 0.05) is 18.5 Å². The zero-order valence-electron chi connectivity index (χ0n) is 14.3. The molecule has 2 heterocycles. The third-order valence-corrected chi connectivity index (χ3v) is 4.42. The Balaban J connectivity index is 1.75. The van der Waals surface area contributed by atoms with Gasteiger partial charge in [-0.05, 0) is 46.3 Å². The van der Waals surface area contributed by atoms with Gasteiger partial charge in [-0.15, -0.1) is 5.10 Å². The molecule has 1 aliphatic heterocycles. The third-order valence-electron chi connectivity index (χ3n) is 4.42. The van der Waals surface area contributed by atoms with E-state index in [1.165, 1.54) is 0 Å². The highest BCUT2D eigenvalue weighted by molar-refractivity contribution is 6.12. The Hall–Kier alpha value is -3.35. The topological polar surface area (TPSA) is 81.0 Å². The molecule has 0 unspecified atom stereocenters. The Morgan fingerprint density at radius 3 is 2.46 bits per heavy atom. The number of Topliss-reactive ketones (excluding diaryl/α,β-unsaturated/α-hetero) is 1. The standard InChI is InChI=1S/C19H17N5O2/c1-2-18-20-21-22-24(18)15-9-7-14(8-10-15)23-17-6-4-3-5-13(17)11-16(25)12-19(23)26/h3-10H,2,11-12H2,1H3. The molecule has 0 bridgehead atoms. The molecule has 3 aromatic rings. The van der Waals surface area contributed by atoms with Crippen LogP contribution in [0.3, 0.4) is 0 Å². The van der Waals surface area contributed by atoms with Crippen LogP contribution in [0.25, 0.3) is 5.69 Å². The molecule has 7 heteroatoms. The summed E-state index contributed by atoms with van der Waals surface area (Å²) in [4.78, 5) is 26.3. The first kappa shape index (κ1) is 16.1. The number of carbonyl (C=O) groups is 2. The molecule has 7 nitrogen and oxygen atoms in total. The van der Waals surface area contributed by atoms with Crippen LogP contribution in [-0.4, -0.2) is 31.9 Å². The number of benzene rings is 2. The van der Waals surface area contributed by atoms with Gasteiger partial charge in [0.1, 0.15) is 5.78 Å². The van der Waals surface area contributed by atoms with Crippen molar-refractivity contribution >= 4 is 23.1 Å². The van der Waals surface area contributed by atoms with Crippen molar-refractivity contribution in [3.05, 3.63) is 59.9 Å². The Bertz CT molecular complexity index is 978. The fraction of sp³-hybridized carbons (Fsp3) is 0.211. The molecule has 0 saturated heterocycles. The second kappa shape index (κ2) is 6.51. The van der Waals surface area contributed by atoms with Crippen molar-refractivity contribution in [1.29, 1.82) is 0 Å². The molecule has 4 rings (SSSR count). The number of carbonyl (C=O) groups excluding carboxylic acids is 2. The first-order valence-electron chi connectivity index (χ1n) is 8.47. The van der Waals surface area contributed by atoms with Crippen molar-refractivity contribution < 1.29 is 9.59 Å². The molecule has 0 atom stereocenters. The highest BCUT2D eigenvalue weighted by atomic mass is 16.2. The van der Waals surface area contributed by atoms with E-state index in [9.17, 15) is 9.59 Å². The van der Waals surface area contributed by atoms with Crippen molar-refractivity contribution in [3.63, 3.8) is 0 Å². The highest BCUT2D eigenvalue weighted by Gasteiger charge is 2.27. The van der Waals surface area contributed by atoms with E-state index >= 15 is 0 Å². The van der Waals surface area contributed by atoms with Gasteiger partial charge in [0.05, 0.1) is 17.8 Å². The molecule has 0 fully saturated rings. The van der Waals surface area contributed by atoms with E-state index in [1.807, 2.05) is 55.5 Å². The monoisotopic (exact) mass is 347 g/mol. The Morgan fingerprint density at radius 1 is 0.962 bits per heavy atom. The minimum absolute atomic E-state index is 0.0668. The van der Waals surface area contributed by atoms with Crippen LogP contribution in [0.2, 0.25) is 0 Å². The zero-order chi connectivity index (χ0) is 18.1. The molecular formula is C19H17N5O2. The second-order valence-corrected chi connectivity index (χ2v) is 6.13. The Labute approximate surface area is 150 Å². The van der Waals surface area contributed by atoms with E-state index in [0.29, 0.717) is 5.69 Å². The largest absolute Gasteiger partial charge is 0.299 e. The zero-order valence-corrected chi connectivity index (χ0v) is 14.3. The van der Waals surface area contributed by atoms with Crippen LogP contribution in [0.5, 0.6) is 0 Å². The van der Waals surface area contributed by atoms with Gasteiger partial charge in [-0.25, -0.2) is 0 Å². The predicted octanol–water partition coefficient (Wildman–Crippen LogP) is 2.40. The van der Waals surface area contributed by atoms with Crippen LogP contribution in [0.15, 0.2) is 48.5 Å². The van der Waals surface area contributed by atoms with Crippen LogP contribution >= 0.6 is 0 Å². The van der Waals surface area contributed by atoms with Gasteiger partial charge in [-0.3, -0.25) is 14.5 Å². The summed E-state index contributed by atoms with van der Waals surface area (Å²) < 4.78 is 1.67. The molecule has 0 aliphatic carbocycles. The van der Waals surface area contributed by atoms with Crippen molar-refractivity contribution in [1.82, 2.24) is 20.2 Å². The van der Waals surface area contributed by atoms with Crippen molar-refractivity contribution in [2.75, 3.05) is 4.90 Å². The lowest BCUT2D eigenvalue weighted by Crippen LogP contribution is -2.26. The average Bonchev–Trinajstić information content (AvgIpc) is 3.07. The Kier molecular flexibility index (Phi) is 4.04. The number of ketones is 1. The molecule has 26 heavy (non-hydrogen) atoms. The first-order valence-corrected chi connectivity index (χ1v) is 8.47. The van der Waals surface area contributed by atoms with Gasteiger partial charge < -0.3 is 0 Å². The lowest BCUT2D eigenvalue weighted by atomic mass is 10.1. The summed E-state index contributed by atoms with van der Waals surface area (Å²) in [6.07, 6.45) is 0.902. The van der Waals surface area contributed by atoms with E-state index in [-0.39, 0.29) is 24.5 Å². The van der Waals surface area contributed by atoms with Crippen LogP contribution in [0, 0.1) is 0 Å². The van der Waals surface area contributed by atoms with Crippen molar-refractivity contribution in [2.45, 2.75) is 26.2 Å². The van der Waals surface area contributed by atoms with Gasteiger partial charge in [-0.2, -0.15) is 4.68 Å². The average molecular weight is 347 g/mol. The number of hydrogen-bond acceptors (Lipinski definition) is 5. The maximum atomic E-state index is 12.7. The molecule has 2 aromatic carbocycles. The van der Waals surface area contributed by atoms with E-state index in [4.69, 9.17) is 0 Å². The lowest BCUT2D eigenvalue weighted by Gasteiger charge is -2.23. The van der Waals surface area contributed by atoms with Gasteiger partial charge in [0.25, 0.3) is 0 Å². The lowest BCUT2D eigenvalue weighted by molar-refractivity contribution is -0.125. The number of nitrogens with zero attached hydrogens (tertiary/aromatic N) is 5. The molecule has 0 N–H and O–H groups in total. The highest BCUT2D eigenvalue weighted by Crippen LogP contribution is 2.32. The van der Waals surface area contributed by atoms with Crippen LogP contribution < -0.4 is 4.90 Å². The molecule has 1 aromatic heterocycles. The third kappa shape index (κ3) is 2.77. The molecule has 130 valence electrons. The van der Waals surface area contributed by atoms with Crippen LogP contribution in [-0.2, 0) is 22.4 Å². The summed E-state index contributed by atoms with van der Waals surface area (Å²) in [5.74, 6) is 0.478. The van der Waals surface area contributed by atoms with Crippen LogP contribution in [0.1, 0.15) is 24.7 Å². The van der Waals surface area contributed by atoms with Crippen molar-refractivity contribution in [3.8, 4) is 5.69 Å². The van der Waals surface area contributed by atoms with Crippen molar-refractivity contribution in [2.24, 2.45) is 0 Å².